The third-order valence-electron chi connectivity index (χ3n) is 5.27. The van der Waals surface area contributed by atoms with E-state index in [1.165, 1.54) is 4.90 Å². The highest BCUT2D eigenvalue weighted by atomic mass is 32.2. The van der Waals surface area contributed by atoms with Crippen molar-refractivity contribution in [1.29, 1.82) is 0 Å². The molecule has 0 saturated carbocycles. The van der Waals surface area contributed by atoms with Crippen LogP contribution >= 0.6 is 11.8 Å². The summed E-state index contributed by atoms with van der Waals surface area (Å²) in [4.78, 5) is 27.9. The maximum absolute atomic E-state index is 12.6. The first kappa shape index (κ1) is 21.2. The third kappa shape index (κ3) is 5.76. The van der Waals surface area contributed by atoms with Gasteiger partial charge in [0.1, 0.15) is 0 Å². The molecular weight excluding hydrogens is 382 g/mol. The lowest BCUT2D eigenvalue weighted by molar-refractivity contribution is 0.0950. The molecule has 0 aliphatic carbocycles. The van der Waals surface area contributed by atoms with E-state index in [4.69, 9.17) is 0 Å². The lowest BCUT2D eigenvalue weighted by atomic mass is 9.89. The molecule has 1 fully saturated rings. The van der Waals surface area contributed by atoms with Crippen LogP contribution in [0.3, 0.4) is 0 Å². The van der Waals surface area contributed by atoms with Crippen LogP contribution in [0.25, 0.3) is 0 Å². The molecule has 3 amide bonds. The smallest absolute Gasteiger partial charge is 0.317 e. The zero-order valence-electron chi connectivity index (χ0n) is 17.1. The van der Waals surface area contributed by atoms with Gasteiger partial charge < -0.3 is 15.5 Å². The van der Waals surface area contributed by atoms with Gasteiger partial charge in [-0.1, -0.05) is 24.3 Å². The van der Waals surface area contributed by atoms with Crippen molar-refractivity contribution in [2.75, 3.05) is 25.9 Å². The predicted octanol–water partition coefficient (Wildman–Crippen LogP) is 4.25. The first-order chi connectivity index (χ1) is 14.1. The molecule has 1 aliphatic rings. The van der Waals surface area contributed by atoms with Gasteiger partial charge in [0, 0.05) is 42.6 Å². The van der Waals surface area contributed by atoms with Crippen LogP contribution in [-0.4, -0.2) is 42.7 Å². The summed E-state index contributed by atoms with van der Waals surface area (Å²) in [6, 6.07) is 16.0. The SMILES string of the molecule is CCNC(=O)N1CCC[C@@H](c2cccc(C(=O)NCc3ccc(SC)cc3)c2)C1. The molecule has 1 heterocycles. The van der Waals surface area contributed by atoms with E-state index in [0.29, 0.717) is 25.2 Å². The number of hydrogen-bond acceptors (Lipinski definition) is 3. The number of amides is 3. The second kappa shape index (κ2) is 10.3. The van der Waals surface area contributed by atoms with Crippen LogP contribution in [0.2, 0.25) is 0 Å². The highest BCUT2D eigenvalue weighted by Gasteiger charge is 2.24. The van der Waals surface area contributed by atoms with Crippen molar-refractivity contribution in [3.8, 4) is 0 Å². The van der Waals surface area contributed by atoms with Crippen molar-refractivity contribution < 1.29 is 9.59 Å². The lowest BCUT2D eigenvalue weighted by Gasteiger charge is -2.33. The first-order valence-electron chi connectivity index (χ1n) is 10.1. The molecule has 2 aromatic rings. The number of urea groups is 1. The molecule has 3 rings (SSSR count). The molecule has 2 aromatic carbocycles. The van der Waals surface area contributed by atoms with Crippen LogP contribution in [-0.2, 0) is 6.54 Å². The summed E-state index contributed by atoms with van der Waals surface area (Å²) >= 11 is 1.70. The lowest BCUT2D eigenvalue weighted by Crippen LogP contribution is -2.44. The van der Waals surface area contributed by atoms with Crippen LogP contribution in [0.5, 0.6) is 0 Å². The topological polar surface area (TPSA) is 61.4 Å². The molecule has 0 bridgehead atoms. The van der Waals surface area contributed by atoms with E-state index in [9.17, 15) is 9.59 Å². The molecule has 154 valence electrons. The number of likely N-dealkylation sites (tertiary alicyclic amines) is 1. The molecule has 5 nitrogen and oxygen atoms in total. The number of rotatable bonds is 6. The highest BCUT2D eigenvalue weighted by molar-refractivity contribution is 7.98. The van der Waals surface area contributed by atoms with Gasteiger partial charge in [0.15, 0.2) is 0 Å². The van der Waals surface area contributed by atoms with Gasteiger partial charge in [-0.05, 0) is 61.4 Å². The van der Waals surface area contributed by atoms with Crippen molar-refractivity contribution in [1.82, 2.24) is 15.5 Å². The number of nitrogens with one attached hydrogen (secondary N) is 2. The molecular formula is C23H29N3O2S. The molecule has 0 aromatic heterocycles. The van der Waals surface area contributed by atoms with Crippen LogP contribution in [0.4, 0.5) is 4.79 Å². The number of hydrogen-bond donors (Lipinski definition) is 2. The van der Waals surface area contributed by atoms with E-state index < -0.39 is 0 Å². The third-order valence-corrected chi connectivity index (χ3v) is 6.01. The van der Waals surface area contributed by atoms with Crippen molar-refractivity contribution in [3.63, 3.8) is 0 Å². The molecule has 1 aliphatic heterocycles. The van der Waals surface area contributed by atoms with E-state index >= 15 is 0 Å². The van der Waals surface area contributed by atoms with Gasteiger partial charge >= 0.3 is 6.03 Å². The fourth-order valence-corrected chi connectivity index (χ4v) is 4.07. The summed E-state index contributed by atoms with van der Waals surface area (Å²) in [5.74, 6) is 0.190. The molecule has 0 radical (unpaired) electrons. The fraction of sp³-hybridized carbons (Fsp3) is 0.391. The van der Waals surface area contributed by atoms with E-state index in [1.54, 1.807) is 11.8 Å². The minimum absolute atomic E-state index is 0.00131. The first-order valence-corrected chi connectivity index (χ1v) is 11.4. The van der Waals surface area contributed by atoms with E-state index in [2.05, 4.69) is 28.8 Å². The zero-order valence-corrected chi connectivity index (χ0v) is 17.9. The highest BCUT2D eigenvalue weighted by Crippen LogP contribution is 2.27. The molecule has 6 heteroatoms. The fourth-order valence-electron chi connectivity index (χ4n) is 3.66. The summed E-state index contributed by atoms with van der Waals surface area (Å²) < 4.78 is 0. The minimum Gasteiger partial charge on any atom is -0.348 e. The Kier molecular flexibility index (Phi) is 7.58. The number of carbonyl (C=O) groups excluding carboxylic acids is 2. The summed E-state index contributed by atoms with van der Waals surface area (Å²) in [5.41, 5.74) is 2.87. The summed E-state index contributed by atoms with van der Waals surface area (Å²) in [7, 11) is 0. The normalized spacial score (nSPS) is 16.3. The van der Waals surface area contributed by atoms with Gasteiger partial charge in [-0.25, -0.2) is 4.79 Å². The minimum atomic E-state index is -0.0721. The van der Waals surface area contributed by atoms with Crippen LogP contribution < -0.4 is 10.6 Å². The Bertz CT molecular complexity index is 838. The summed E-state index contributed by atoms with van der Waals surface area (Å²) in [6.07, 6.45) is 4.05. The number of carbonyl (C=O) groups is 2. The quantitative estimate of drug-likeness (QED) is 0.699. The Hall–Kier alpha value is -2.47. The van der Waals surface area contributed by atoms with E-state index in [0.717, 1.165) is 30.5 Å². The molecule has 29 heavy (non-hydrogen) atoms. The second-order valence-electron chi connectivity index (χ2n) is 7.28. The largest absolute Gasteiger partial charge is 0.348 e. The number of thioether (sulfide) groups is 1. The van der Waals surface area contributed by atoms with E-state index in [1.807, 2.05) is 48.4 Å². The maximum Gasteiger partial charge on any atom is 0.317 e. The maximum atomic E-state index is 12.6. The standard InChI is InChI=1S/C23H29N3O2S/c1-3-24-23(28)26-13-5-8-20(16-26)18-6-4-7-19(14-18)22(27)25-15-17-9-11-21(29-2)12-10-17/h4,6-7,9-12,14,20H,3,5,8,13,15-16H2,1-2H3,(H,24,28)(H,25,27)/t20-/m1/s1. The van der Waals surface area contributed by atoms with Crippen LogP contribution in [0.15, 0.2) is 53.4 Å². The average Bonchev–Trinajstić information content (AvgIpc) is 2.78. The van der Waals surface area contributed by atoms with Crippen molar-refractivity contribution in [2.45, 2.75) is 37.1 Å². The Morgan fingerprint density at radius 2 is 1.93 bits per heavy atom. The number of nitrogens with zero attached hydrogens (tertiary/aromatic N) is 1. The van der Waals surface area contributed by atoms with Gasteiger partial charge in [0.25, 0.3) is 5.91 Å². The number of piperidine rings is 1. The van der Waals surface area contributed by atoms with Gasteiger partial charge in [-0.15, -0.1) is 11.8 Å². The van der Waals surface area contributed by atoms with Crippen molar-refractivity contribution >= 4 is 23.7 Å². The Morgan fingerprint density at radius 1 is 1.14 bits per heavy atom. The van der Waals surface area contributed by atoms with Crippen molar-refractivity contribution in [2.24, 2.45) is 0 Å². The zero-order chi connectivity index (χ0) is 20.6. The summed E-state index contributed by atoms with van der Waals surface area (Å²) in [6.45, 7) is 4.55. The molecule has 1 atom stereocenters. The Morgan fingerprint density at radius 3 is 2.66 bits per heavy atom. The van der Waals surface area contributed by atoms with Crippen molar-refractivity contribution in [3.05, 3.63) is 65.2 Å². The monoisotopic (exact) mass is 411 g/mol. The van der Waals surface area contributed by atoms with Crippen LogP contribution in [0.1, 0.15) is 47.2 Å². The van der Waals surface area contributed by atoms with Gasteiger partial charge in [-0.3, -0.25) is 4.79 Å². The Balaban J connectivity index is 1.62. The molecule has 1 saturated heterocycles. The van der Waals surface area contributed by atoms with Gasteiger partial charge in [-0.2, -0.15) is 0 Å². The summed E-state index contributed by atoms with van der Waals surface area (Å²) in [5, 5.41) is 5.88. The predicted molar refractivity (Wildman–Crippen MR) is 118 cm³/mol. The number of benzene rings is 2. The van der Waals surface area contributed by atoms with E-state index in [-0.39, 0.29) is 17.9 Å². The second-order valence-corrected chi connectivity index (χ2v) is 8.16. The molecule has 2 N–H and O–H groups in total. The average molecular weight is 412 g/mol. The van der Waals surface area contributed by atoms with Gasteiger partial charge in [0.05, 0.1) is 0 Å². The molecule has 0 unspecified atom stereocenters. The Labute approximate surface area is 177 Å². The molecule has 0 spiro atoms. The van der Waals surface area contributed by atoms with Crippen LogP contribution in [0, 0.1) is 0 Å². The van der Waals surface area contributed by atoms with Gasteiger partial charge in [0.2, 0.25) is 0 Å².